The summed E-state index contributed by atoms with van der Waals surface area (Å²) in [6.45, 7) is 3.29. The van der Waals surface area contributed by atoms with E-state index in [0.717, 1.165) is 18.4 Å². The number of hydrogen-bond donors (Lipinski definition) is 2. The van der Waals surface area contributed by atoms with Gasteiger partial charge in [0.15, 0.2) is 0 Å². The molecule has 1 aromatic rings. The summed E-state index contributed by atoms with van der Waals surface area (Å²) in [5.74, 6) is -0.0146. The highest BCUT2D eigenvalue weighted by Crippen LogP contribution is 2.29. The molecule has 0 saturated carbocycles. The number of nitrogens with one attached hydrogen (secondary N) is 1. The molecule has 0 bridgehead atoms. The molecule has 21 heavy (non-hydrogen) atoms. The van der Waals surface area contributed by atoms with Gasteiger partial charge in [0.1, 0.15) is 4.88 Å². The second-order valence-corrected chi connectivity index (χ2v) is 7.85. The first-order chi connectivity index (χ1) is 9.78. The molecule has 2 heterocycles. The summed E-state index contributed by atoms with van der Waals surface area (Å²) in [5.41, 5.74) is 0.898. The summed E-state index contributed by atoms with van der Waals surface area (Å²) in [4.78, 5) is 14.8. The molecule has 0 aromatic carbocycles. The van der Waals surface area contributed by atoms with Gasteiger partial charge in [0, 0.05) is 19.6 Å². The topological polar surface area (TPSA) is 92.5 Å². The van der Waals surface area contributed by atoms with Gasteiger partial charge in [-0.3, -0.25) is 4.79 Å². The lowest BCUT2D eigenvalue weighted by Gasteiger charge is -2.32. The first-order valence-corrected chi connectivity index (χ1v) is 9.38. The van der Waals surface area contributed by atoms with E-state index in [4.69, 9.17) is 16.7 Å². The van der Waals surface area contributed by atoms with Crippen molar-refractivity contribution in [3.63, 3.8) is 0 Å². The van der Waals surface area contributed by atoms with Crippen molar-refractivity contribution in [2.45, 2.75) is 19.8 Å². The van der Waals surface area contributed by atoms with Gasteiger partial charge in [0.05, 0.1) is 5.02 Å². The molecule has 2 rings (SSSR count). The van der Waals surface area contributed by atoms with Crippen LogP contribution in [0.2, 0.25) is 5.02 Å². The van der Waals surface area contributed by atoms with Crippen LogP contribution in [0.15, 0.2) is 5.38 Å². The van der Waals surface area contributed by atoms with Crippen LogP contribution in [0.3, 0.4) is 0 Å². The van der Waals surface area contributed by atoms with Crippen LogP contribution in [0, 0.1) is 12.8 Å². The fourth-order valence-electron chi connectivity index (χ4n) is 2.37. The number of thiophene rings is 1. The minimum absolute atomic E-state index is 0.0702. The van der Waals surface area contributed by atoms with Gasteiger partial charge in [-0.2, -0.15) is 8.42 Å². The van der Waals surface area contributed by atoms with Crippen LogP contribution in [0.5, 0.6) is 0 Å². The molecular weight excluding hydrogens is 334 g/mol. The third-order valence-electron chi connectivity index (χ3n) is 3.47. The lowest BCUT2D eigenvalue weighted by molar-refractivity contribution is 0.0681. The predicted molar refractivity (Wildman–Crippen MR) is 83.8 cm³/mol. The van der Waals surface area contributed by atoms with Crippen molar-refractivity contribution in [3.8, 4) is 0 Å². The Bertz CT molecular complexity index is 630. The second kappa shape index (κ2) is 6.62. The highest BCUT2D eigenvalue weighted by Gasteiger charge is 2.27. The summed E-state index contributed by atoms with van der Waals surface area (Å²) >= 11 is 7.48. The van der Waals surface area contributed by atoms with E-state index in [-0.39, 0.29) is 18.4 Å². The smallest absolute Gasteiger partial charge is 0.274 e. The third kappa shape index (κ3) is 4.40. The highest BCUT2D eigenvalue weighted by molar-refractivity contribution is 7.87. The number of nitrogens with two attached hydrogens (primary N) is 1. The molecule has 1 aliphatic rings. The molecule has 3 N–H and O–H groups in total. The van der Waals surface area contributed by atoms with Gasteiger partial charge in [-0.25, -0.2) is 9.86 Å². The summed E-state index contributed by atoms with van der Waals surface area (Å²) in [6, 6.07) is 0. The van der Waals surface area contributed by atoms with E-state index >= 15 is 0 Å². The first-order valence-electron chi connectivity index (χ1n) is 6.58. The average molecular weight is 352 g/mol. The summed E-state index contributed by atoms with van der Waals surface area (Å²) in [7, 11) is -3.69. The Hall–Kier alpha value is -0.670. The van der Waals surface area contributed by atoms with Crippen molar-refractivity contribution < 1.29 is 13.2 Å². The molecule has 1 unspecified atom stereocenters. The molecule has 0 radical (unpaired) electrons. The maximum atomic E-state index is 12.5. The Kier molecular flexibility index (Phi) is 5.26. The SMILES string of the molecule is Cc1csc(C(=O)N2CCCC(CNS(N)(=O)=O)C2)c1Cl. The normalized spacial score (nSPS) is 19.8. The molecule has 0 aliphatic carbocycles. The molecular formula is C12H18ClN3O3S2. The highest BCUT2D eigenvalue weighted by atomic mass is 35.5. The van der Waals surface area contributed by atoms with Crippen molar-refractivity contribution in [1.29, 1.82) is 0 Å². The molecule has 1 fully saturated rings. The largest absolute Gasteiger partial charge is 0.338 e. The Morgan fingerprint density at radius 1 is 1.62 bits per heavy atom. The van der Waals surface area contributed by atoms with Crippen molar-refractivity contribution in [2.75, 3.05) is 19.6 Å². The van der Waals surface area contributed by atoms with Crippen LogP contribution in [-0.4, -0.2) is 38.9 Å². The number of nitrogens with zero attached hydrogens (tertiary/aromatic N) is 1. The standard InChI is InChI=1S/C12H18ClN3O3S2/c1-8-7-20-11(10(8)13)12(17)16-4-2-3-9(6-16)5-15-21(14,18)19/h7,9,15H,2-6H2,1H3,(H2,14,18,19). The van der Waals surface area contributed by atoms with Crippen LogP contribution >= 0.6 is 22.9 Å². The van der Waals surface area contributed by atoms with Crippen molar-refractivity contribution >= 4 is 39.1 Å². The summed E-state index contributed by atoms with van der Waals surface area (Å²) < 4.78 is 24.2. The number of likely N-dealkylation sites (tertiary alicyclic amines) is 1. The van der Waals surface area contributed by atoms with Gasteiger partial charge in [0.2, 0.25) is 0 Å². The van der Waals surface area contributed by atoms with E-state index in [1.54, 1.807) is 4.90 Å². The monoisotopic (exact) mass is 351 g/mol. The molecule has 1 saturated heterocycles. The Morgan fingerprint density at radius 2 is 2.33 bits per heavy atom. The van der Waals surface area contributed by atoms with E-state index < -0.39 is 10.2 Å². The third-order valence-corrected chi connectivity index (χ3v) is 5.73. The molecule has 1 aliphatic heterocycles. The van der Waals surface area contributed by atoms with E-state index in [1.165, 1.54) is 11.3 Å². The van der Waals surface area contributed by atoms with Crippen molar-refractivity contribution in [1.82, 2.24) is 9.62 Å². The van der Waals surface area contributed by atoms with Crippen LogP contribution in [0.25, 0.3) is 0 Å². The fraction of sp³-hybridized carbons (Fsp3) is 0.583. The molecule has 118 valence electrons. The van der Waals surface area contributed by atoms with E-state index in [9.17, 15) is 13.2 Å². The Labute approximate surface area is 133 Å². The van der Waals surface area contributed by atoms with Gasteiger partial charge in [-0.15, -0.1) is 11.3 Å². The lowest BCUT2D eigenvalue weighted by Crippen LogP contribution is -2.44. The Morgan fingerprint density at radius 3 is 2.90 bits per heavy atom. The number of aryl methyl sites for hydroxylation is 1. The zero-order valence-corrected chi connectivity index (χ0v) is 14.0. The molecule has 9 heteroatoms. The average Bonchev–Trinajstić information content (AvgIpc) is 2.76. The predicted octanol–water partition coefficient (Wildman–Crippen LogP) is 1.36. The van der Waals surface area contributed by atoms with Crippen LogP contribution < -0.4 is 9.86 Å². The van der Waals surface area contributed by atoms with Crippen LogP contribution in [-0.2, 0) is 10.2 Å². The number of halogens is 1. The number of piperidine rings is 1. The molecule has 0 spiro atoms. The zero-order chi connectivity index (χ0) is 15.6. The van der Waals surface area contributed by atoms with Gasteiger partial charge < -0.3 is 4.90 Å². The fourth-order valence-corrected chi connectivity index (χ4v) is 4.08. The van der Waals surface area contributed by atoms with Crippen molar-refractivity contribution in [3.05, 3.63) is 20.8 Å². The maximum absolute atomic E-state index is 12.5. The van der Waals surface area contributed by atoms with Gasteiger partial charge in [-0.05, 0) is 36.6 Å². The molecule has 1 aromatic heterocycles. The van der Waals surface area contributed by atoms with Crippen LogP contribution in [0.4, 0.5) is 0 Å². The van der Waals surface area contributed by atoms with E-state index in [0.29, 0.717) is 23.0 Å². The lowest BCUT2D eigenvalue weighted by atomic mass is 9.98. The van der Waals surface area contributed by atoms with Gasteiger partial charge in [-0.1, -0.05) is 11.6 Å². The van der Waals surface area contributed by atoms with Gasteiger partial charge in [0.25, 0.3) is 16.1 Å². The number of amides is 1. The van der Waals surface area contributed by atoms with E-state index in [1.807, 2.05) is 12.3 Å². The van der Waals surface area contributed by atoms with Crippen LogP contribution in [0.1, 0.15) is 28.1 Å². The number of carbonyl (C=O) groups excluding carboxylic acids is 1. The number of hydrogen-bond acceptors (Lipinski definition) is 4. The van der Waals surface area contributed by atoms with Gasteiger partial charge >= 0.3 is 0 Å². The zero-order valence-electron chi connectivity index (χ0n) is 11.6. The quantitative estimate of drug-likeness (QED) is 0.857. The number of carbonyl (C=O) groups is 1. The molecule has 6 nitrogen and oxygen atoms in total. The second-order valence-electron chi connectivity index (χ2n) is 5.21. The number of rotatable bonds is 4. The minimum Gasteiger partial charge on any atom is -0.338 e. The van der Waals surface area contributed by atoms with E-state index in [2.05, 4.69) is 4.72 Å². The summed E-state index contributed by atoms with van der Waals surface area (Å²) in [6.07, 6.45) is 1.70. The Balaban J connectivity index is 2.00. The maximum Gasteiger partial charge on any atom is 0.274 e. The summed E-state index contributed by atoms with van der Waals surface area (Å²) in [5, 5.41) is 7.30. The first kappa shape index (κ1) is 16.7. The van der Waals surface area contributed by atoms with Crippen molar-refractivity contribution in [2.24, 2.45) is 11.1 Å². The minimum atomic E-state index is -3.69. The molecule has 1 amide bonds. The molecule has 1 atom stereocenters.